The van der Waals surface area contributed by atoms with E-state index in [0.29, 0.717) is 6.61 Å². The van der Waals surface area contributed by atoms with Gasteiger partial charge in [0, 0.05) is 43.2 Å². The van der Waals surface area contributed by atoms with Crippen LogP contribution in [0.2, 0.25) is 0 Å². The molecule has 3 heterocycles. The average molecular weight is 337 g/mol. The minimum atomic E-state index is -0.231. The third kappa shape index (κ3) is 2.18. The first-order chi connectivity index (χ1) is 12.2. The summed E-state index contributed by atoms with van der Waals surface area (Å²) in [6.07, 6.45) is 6.68. The summed E-state index contributed by atoms with van der Waals surface area (Å²) in [6.45, 7) is 4.38. The Morgan fingerprint density at radius 1 is 1.36 bits per heavy atom. The Morgan fingerprint density at radius 2 is 2.20 bits per heavy atom. The van der Waals surface area contributed by atoms with E-state index in [2.05, 4.69) is 34.7 Å². The van der Waals surface area contributed by atoms with Crippen molar-refractivity contribution in [1.29, 1.82) is 0 Å². The van der Waals surface area contributed by atoms with E-state index in [4.69, 9.17) is 4.74 Å². The van der Waals surface area contributed by atoms with Crippen molar-refractivity contribution in [2.45, 2.75) is 44.2 Å². The maximum absolute atomic E-state index is 13.4. The fourth-order valence-electron chi connectivity index (χ4n) is 4.55. The van der Waals surface area contributed by atoms with Crippen LogP contribution in [0.15, 0.2) is 36.7 Å². The fourth-order valence-corrected chi connectivity index (χ4v) is 4.55. The van der Waals surface area contributed by atoms with Crippen molar-refractivity contribution in [2.75, 3.05) is 18.1 Å². The molecule has 1 saturated heterocycles. The zero-order valence-electron chi connectivity index (χ0n) is 14.5. The molecule has 1 aliphatic carbocycles. The molecule has 5 rings (SSSR count). The van der Waals surface area contributed by atoms with E-state index >= 15 is 0 Å². The number of aryl methyl sites for hydroxylation is 1. The van der Waals surface area contributed by atoms with E-state index < -0.39 is 0 Å². The Bertz CT molecular complexity index is 824. The molecule has 0 bridgehead atoms. The number of ether oxygens (including phenoxy) is 1. The number of para-hydroxylation sites is 1. The molecule has 2 atom stereocenters. The molecule has 1 aromatic carbocycles. The van der Waals surface area contributed by atoms with Crippen molar-refractivity contribution in [1.82, 2.24) is 9.55 Å². The van der Waals surface area contributed by atoms with Crippen molar-refractivity contribution < 1.29 is 9.53 Å². The zero-order valence-corrected chi connectivity index (χ0v) is 14.5. The molecule has 0 N–H and O–H groups in total. The Labute approximate surface area is 147 Å². The summed E-state index contributed by atoms with van der Waals surface area (Å²) >= 11 is 0. The number of rotatable bonds is 3. The van der Waals surface area contributed by atoms with Crippen molar-refractivity contribution >= 4 is 11.6 Å². The van der Waals surface area contributed by atoms with Crippen LogP contribution in [-0.4, -0.2) is 28.6 Å². The number of carbonyl (C=O) groups excluding carboxylic acids is 1. The number of nitrogens with zero attached hydrogens (tertiary/aromatic N) is 3. The van der Waals surface area contributed by atoms with E-state index in [1.54, 1.807) is 6.20 Å². The SMILES string of the molecule is CCn1ccnc1[C@@H]1OCC[C@H]1C(=O)N1CC2(CC2)c2ccccc21. The van der Waals surface area contributed by atoms with Crippen molar-refractivity contribution in [3.05, 3.63) is 48.0 Å². The minimum absolute atomic E-state index is 0.144. The highest BCUT2D eigenvalue weighted by Crippen LogP contribution is 2.57. The number of imidazole rings is 1. The van der Waals surface area contributed by atoms with Gasteiger partial charge >= 0.3 is 0 Å². The Morgan fingerprint density at radius 3 is 3.00 bits per heavy atom. The molecular weight excluding hydrogens is 314 g/mol. The molecule has 1 aromatic heterocycles. The topological polar surface area (TPSA) is 47.4 Å². The number of hydrogen-bond acceptors (Lipinski definition) is 3. The van der Waals surface area contributed by atoms with E-state index in [9.17, 15) is 4.79 Å². The van der Waals surface area contributed by atoms with Gasteiger partial charge in [-0.3, -0.25) is 4.79 Å². The highest BCUT2D eigenvalue weighted by Gasteiger charge is 2.54. The first-order valence-corrected chi connectivity index (χ1v) is 9.27. The number of anilines is 1. The van der Waals surface area contributed by atoms with Crippen LogP contribution in [-0.2, 0) is 21.5 Å². The molecule has 25 heavy (non-hydrogen) atoms. The lowest BCUT2D eigenvalue weighted by Gasteiger charge is -2.25. The highest BCUT2D eigenvalue weighted by atomic mass is 16.5. The summed E-state index contributed by atoms with van der Waals surface area (Å²) in [4.78, 5) is 19.9. The summed E-state index contributed by atoms with van der Waals surface area (Å²) in [5, 5.41) is 0. The smallest absolute Gasteiger partial charge is 0.233 e. The fraction of sp³-hybridized carbons (Fsp3) is 0.500. The first kappa shape index (κ1) is 15.1. The highest BCUT2D eigenvalue weighted by molar-refractivity contribution is 5.98. The van der Waals surface area contributed by atoms with Gasteiger partial charge in [-0.15, -0.1) is 0 Å². The van der Waals surface area contributed by atoms with Gasteiger partial charge < -0.3 is 14.2 Å². The second-order valence-electron chi connectivity index (χ2n) is 7.48. The third-order valence-electron chi connectivity index (χ3n) is 6.10. The number of fused-ring (bicyclic) bond motifs is 2. The molecule has 2 fully saturated rings. The number of amides is 1. The van der Waals surface area contributed by atoms with Crippen molar-refractivity contribution in [3.8, 4) is 0 Å². The van der Waals surface area contributed by atoms with Crippen LogP contribution in [0.3, 0.4) is 0 Å². The quantitative estimate of drug-likeness (QED) is 0.865. The number of benzene rings is 1. The minimum Gasteiger partial charge on any atom is -0.369 e. The summed E-state index contributed by atoms with van der Waals surface area (Å²) in [5.41, 5.74) is 2.69. The molecule has 5 nitrogen and oxygen atoms in total. The van der Waals surface area contributed by atoms with Gasteiger partial charge in [-0.2, -0.15) is 0 Å². The van der Waals surface area contributed by atoms with Gasteiger partial charge in [0.1, 0.15) is 11.9 Å². The summed E-state index contributed by atoms with van der Waals surface area (Å²) in [7, 11) is 0. The first-order valence-electron chi connectivity index (χ1n) is 9.27. The van der Waals surface area contributed by atoms with Crippen LogP contribution in [0.4, 0.5) is 5.69 Å². The second-order valence-corrected chi connectivity index (χ2v) is 7.48. The third-order valence-corrected chi connectivity index (χ3v) is 6.10. The Balaban J connectivity index is 1.47. The monoisotopic (exact) mass is 337 g/mol. The second kappa shape index (κ2) is 5.43. The van der Waals surface area contributed by atoms with Crippen LogP contribution < -0.4 is 4.90 Å². The van der Waals surface area contributed by atoms with Crippen molar-refractivity contribution in [3.63, 3.8) is 0 Å². The molecule has 2 aliphatic heterocycles. The lowest BCUT2D eigenvalue weighted by molar-refractivity contribution is -0.124. The molecule has 2 aromatic rings. The molecular formula is C20H23N3O2. The summed E-state index contributed by atoms with van der Waals surface area (Å²) < 4.78 is 8.04. The predicted molar refractivity (Wildman–Crippen MR) is 94.4 cm³/mol. The largest absolute Gasteiger partial charge is 0.369 e. The molecule has 130 valence electrons. The van der Waals surface area contributed by atoms with Gasteiger partial charge in [-0.05, 0) is 37.8 Å². The van der Waals surface area contributed by atoms with E-state index in [-0.39, 0.29) is 23.3 Å². The van der Waals surface area contributed by atoms with Crippen LogP contribution in [0.5, 0.6) is 0 Å². The molecule has 1 spiro atoms. The normalized spacial score (nSPS) is 26.2. The van der Waals surface area contributed by atoms with E-state index in [1.165, 1.54) is 18.4 Å². The van der Waals surface area contributed by atoms with Gasteiger partial charge in [0.2, 0.25) is 5.91 Å². The van der Waals surface area contributed by atoms with E-state index in [0.717, 1.165) is 31.0 Å². The molecule has 1 saturated carbocycles. The van der Waals surface area contributed by atoms with E-state index in [1.807, 2.05) is 17.2 Å². The molecule has 1 amide bonds. The van der Waals surface area contributed by atoms with Crippen LogP contribution in [0.25, 0.3) is 0 Å². The van der Waals surface area contributed by atoms with Crippen molar-refractivity contribution in [2.24, 2.45) is 5.92 Å². The molecule has 3 aliphatic rings. The van der Waals surface area contributed by atoms with Crippen LogP contribution in [0, 0.1) is 5.92 Å². The van der Waals surface area contributed by atoms with Gasteiger partial charge in [0.15, 0.2) is 0 Å². The number of aromatic nitrogens is 2. The Hall–Kier alpha value is -2.14. The Kier molecular flexibility index (Phi) is 3.29. The molecule has 0 radical (unpaired) electrons. The predicted octanol–water partition coefficient (Wildman–Crippen LogP) is 3.06. The maximum Gasteiger partial charge on any atom is 0.233 e. The van der Waals surface area contributed by atoms with Gasteiger partial charge in [0.25, 0.3) is 0 Å². The standard InChI is InChI=1S/C20H23N3O2/c1-2-22-11-10-21-18(22)17-14(7-12-25-17)19(24)23-13-20(8-9-20)15-5-3-4-6-16(15)23/h3-6,10-11,14,17H,2,7-9,12-13H2,1H3/t14-,17-/m1/s1. The zero-order chi connectivity index (χ0) is 17.0. The van der Waals surface area contributed by atoms with Gasteiger partial charge in [-0.1, -0.05) is 18.2 Å². The molecule has 5 heteroatoms. The lowest BCUT2D eigenvalue weighted by Crippen LogP contribution is -2.38. The van der Waals surface area contributed by atoms with Crippen LogP contribution in [0.1, 0.15) is 43.7 Å². The summed E-state index contributed by atoms with van der Waals surface area (Å²) in [5.74, 6) is 0.936. The lowest BCUT2D eigenvalue weighted by atomic mass is 9.98. The average Bonchev–Trinajstić information content (AvgIpc) is 3.02. The maximum atomic E-state index is 13.4. The molecule has 0 unspecified atom stereocenters. The van der Waals surface area contributed by atoms with Gasteiger partial charge in [0.05, 0.1) is 5.92 Å². The summed E-state index contributed by atoms with van der Waals surface area (Å²) in [6, 6.07) is 8.42. The number of hydrogen-bond donors (Lipinski definition) is 0. The van der Waals surface area contributed by atoms with Crippen LogP contribution >= 0.6 is 0 Å². The van der Waals surface area contributed by atoms with Gasteiger partial charge in [-0.25, -0.2) is 4.98 Å². The number of carbonyl (C=O) groups is 1.